The molecule has 0 spiro atoms. The molecule has 0 aliphatic rings. The van der Waals surface area contributed by atoms with Crippen LogP contribution in [0.15, 0.2) is 18.2 Å². The zero-order chi connectivity index (χ0) is 20.6. The molecule has 0 heterocycles. The van der Waals surface area contributed by atoms with Crippen molar-refractivity contribution in [3.8, 4) is 0 Å². The van der Waals surface area contributed by atoms with Crippen LogP contribution in [0.4, 0.5) is 11.4 Å². The van der Waals surface area contributed by atoms with Crippen LogP contribution in [0.3, 0.4) is 0 Å². The molecule has 0 aliphatic heterocycles. The minimum absolute atomic E-state index is 0.0693. The van der Waals surface area contributed by atoms with E-state index in [9.17, 15) is 24.5 Å². The van der Waals surface area contributed by atoms with Crippen LogP contribution in [0.25, 0.3) is 0 Å². The lowest BCUT2D eigenvalue weighted by Gasteiger charge is -2.18. The van der Waals surface area contributed by atoms with Crippen LogP contribution in [-0.2, 0) is 19.1 Å². The number of nitrogens with zero attached hydrogens (tertiary/aromatic N) is 1. The number of nitrogens with one attached hydrogen (secondary N) is 2. The number of carbonyl (C=O) groups is 3. The minimum atomic E-state index is -0.894. The van der Waals surface area contributed by atoms with Gasteiger partial charge in [0.25, 0.3) is 11.6 Å². The van der Waals surface area contributed by atoms with Crippen molar-refractivity contribution in [2.75, 3.05) is 26.1 Å². The average Bonchev–Trinajstić information content (AvgIpc) is 2.63. The summed E-state index contributed by atoms with van der Waals surface area (Å²) < 4.78 is 9.51. The molecule has 0 radical (unpaired) electrons. The van der Waals surface area contributed by atoms with Crippen LogP contribution < -0.4 is 10.6 Å². The molecule has 1 amide bonds. The molecule has 10 heteroatoms. The smallest absolute Gasteiger partial charge is 0.338 e. The third-order valence-electron chi connectivity index (χ3n) is 3.56. The van der Waals surface area contributed by atoms with Gasteiger partial charge in [0.05, 0.1) is 17.6 Å². The molecular formula is C17H23N3O7. The van der Waals surface area contributed by atoms with E-state index in [-0.39, 0.29) is 22.9 Å². The summed E-state index contributed by atoms with van der Waals surface area (Å²) >= 11 is 0. The molecule has 1 rings (SSSR count). The largest absolute Gasteiger partial charge is 0.467 e. The van der Waals surface area contributed by atoms with Crippen molar-refractivity contribution < 1.29 is 28.8 Å². The molecule has 0 aliphatic carbocycles. The number of rotatable bonds is 9. The fraction of sp³-hybridized carbons (Fsp3) is 0.471. The number of hydrogen-bond donors (Lipinski definition) is 2. The van der Waals surface area contributed by atoms with Crippen LogP contribution in [0.2, 0.25) is 0 Å². The number of anilines is 1. The van der Waals surface area contributed by atoms with Crippen LogP contribution in [0, 0.1) is 16.0 Å². The normalized spacial score (nSPS) is 11.4. The minimum Gasteiger partial charge on any atom is -0.467 e. The highest BCUT2D eigenvalue weighted by atomic mass is 16.6. The molecule has 0 saturated heterocycles. The fourth-order valence-electron chi connectivity index (χ4n) is 2.30. The number of nitro benzene ring substituents is 1. The van der Waals surface area contributed by atoms with Gasteiger partial charge in [-0.05, 0) is 24.5 Å². The van der Waals surface area contributed by atoms with Gasteiger partial charge in [0, 0.05) is 13.1 Å². The summed E-state index contributed by atoms with van der Waals surface area (Å²) in [7, 11) is 2.73. The standard InChI is InChI=1S/C17H23N3O7/c1-10(2)7-13(17(23)26-4)19-15(21)9-27-16(22)11-5-6-12(18-3)14(8-11)20(24)25/h5-6,8,10,13,18H,7,9H2,1-4H3,(H,19,21)/t13-/m1/s1. The second-order valence-electron chi connectivity index (χ2n) is 6.09. The van der Waals surface area contributed by atoms with Crippen LogP contribution >= 0.6 is 0 Å². The predicted molar refractivity (Wildman–Crippen MR) is 96.3 cm³/mol. The zero-order valence-corrected chi connectivity index (χ0v) is 15.6. The van der Waals surface area contributed by atoms with Crippen LogP contribution in [0.5, 0.6) is 0 Å². The van der Waals surface area contributed by atoms with E-state index in [0.29, 0.717) is 6.42 Å². The lowest BCUT2D eigenvalue weighted by atomic mass is 10.0. The Hall–Kier alpha value is -3.17. The third-order valence-corrected chi connectivity index (χ3v) is 3.56. The Morgan fingerprint density at radius 1 is 1.26 bits per heavy atom. The van der Waals surface area contributed by atoms with E-state index in [0.717, 1.165) is 6.07 Å². The van der Waals surface area contributed by atoms with E-state index in [2.05, 4.69) is 15.4 Å². The Kier molecular flexibility index (Phi) is 8.18. The summed E-state index contributed by atoms with van der Waals surface area (Å²) in [4.78, 5) is 46.1. The van der Waals surface area contributed by atoms with Gasteiger partial charge in [-0.15, -0.1) is 0 Å². The quantitative estimate of drug-likeness (QED) is 0.373. The first-order chi connectivity index (χ1) is 12.7. The molecule has 2 N–H and O–H groups in total. The summed E-state index contributed by atoms with van der Waals surface area (Å²) in [5, 5.41) is 16.1. The first-order valence-corrected chi connectivity index (χ1v) is 8.20. The lowest BCUT2D eigenvalue weighted by molar-refractivity contribution is -0.384. The monoisotopic (exact) mass is 381 g/mol. The summed E-state index contributed by atoms with van der Waals surface area (Å²) in [5.41, 5.74) is -0.122. The molecule has 27 heavy (non-hydrogen) atoms. The number of nitro groups is 1. The molecule has 1 aromatic rings. The van der Waals surface area contributed by atoms with Crippen LogP contribution in [-0.4, -0.2) is 49.6 Å². The number of carbonyl (C=O) groups excluding carboxylic acids is 3. The summed E-state index contributed by atoms with van der Waals surface area (Å²) in [6, 6.07) is 2.92. The molecule has 1 aromatic carbocycles. The number of hydrogen-bond acceptors (Lipinski definition) is 8. The maximum Gasteiger partial charge on any atom is 0.338 e. The van der Waals surface area contributed by atoms with Crippen molar-refractivity contribution in [2.45, 2.75) is 26.3 Å². The highest BCUT2D eigenvalue weighted by molar-refractivity contribution is 5.93. The summed E-state index contributed by atoms with van der Waals surface area (Å²) in [6.07, 6.45) is 0.365. The Balaban J connectivity index is 2.73. The van der Waals surface area contributed by atoms with Gasteiger partial charge in [0.15, 0.2) is 6.61 Å². The molecule has 10 nitrogen and oxygen atoms in total. The van der Waals surface area contributed by atoms with Gasteiger partial charge in [-0.1, -0.05) is 13.8 Å². The first-order valence-electron chi connectivity index (χ1n) is 8.20. The van der Waals surface area contributed by atoms with Crippen LogP contribution in [0.1, 0.15) is 30.6 Å². The van der Waals surface area contributed by atoms with E-state index >= 15 is 0 Å². The van der Waals surface area contributed by atoms with Gasteiger partial charge in [-0.2, -0.15) is 0 Å². The van der Waals surface area contributed by atoms with Crippen molar-refractivity contribution >= 4 is 29.2 Å². The van der Waals surface area contributed by atoms with E-state index in [4.69, 9.17) is 4.74 Å². The number of amides is 1. The highest BCUT2D eigenvalue weighted by Crippen LogP contribution is 2.25. The molecule has 0 aromatic heterocycles. The number of ether oxygens (including phenoxy) is 2. The Bertz CT molecular complexity index is 718. The second kappa shape index (κ2) is 10.1. The number of esters is 2. The molecule has 148 valence electrons. The lowest BCUT2D eigenvalue weighted by Crippen LogP contribution is -2.44. The maximum atomic E-state index is 12.0. The molecule has 1 atom stereocenters. The Morgan fingerprint density at radius 3 is 2.44 bits per heavy atom. The van der Waals surface area contributed by atoms with Gasteiger partial charge in [-0.25, -0.2) is 9.59 Å². The van der Waals surface area contributed by atoms with Gasteiger partial charge in [0.1, 0.15) is 11.7 Å². The maximum absolute atomic E-state index is 12.0. The van der Waals surface area contributed by atoms with Gasteiger partial charge in [0.2, 0.25) is 0 Å². The predicted octanol–water partition coefficient (Wildman–Crippen LogP) is 1.50. The molecule has 0 bridgehead atoms. The van der Waals surface area contributed by atoms with Crippen molar-refractivity contribution in [1.29, 1.82) is 0 Å². The summed E-state index contributed by atoms with van der Waals surface area (Å²) in [5.74, 6) is -2.04. The molecule has 0 unspecified atom stereocenters. The van der Waals surface area contributed by atoms with E-state index < -0.39 is 35.4 Å². The SMILES string of the molecule is CNc1ccc(C(=O)OCC(=O)N[C@H](CC(C)C)C(=O)OC)cc1[N+](=O)[O-]. The molecular weight excluding hydrogens is 358 g/mol. The highest BCUT2D eigenvalue weighted by Gasteiger charge is 2.23. The summed E-state index contributed by atoms with van der Waals surface area (Å²) in [6.45, 7) is 3.12. The van der Waals surface area contributed by atoms with Crippen molar-refractivity contribution in [3.63, 3.8) is 0 Å². The van der Waals surface area contributed by atoms with Gasteiger partial charge >= 0.3 is 11.9 Å². The zero-order valence-electron chi connectivity index (χ0n) is 15.6. The van der Waals surface area contributed by atoms with E-state index in [1.165, 1.54) is 26.3 Å². The third kappa shape index (κ3) is 6.57. The average molecular weight is 381 g/mol. The van der Waals surface area contributed by atoms with Crippen molar-refractivity contribution in [3.05, 3.63) is 33.9 Å². The van der Waals surface area contributed by atoms with Gasteiger partial charge in [-0.3, -0.25) is 14.9 Å². The molecule has 0 saturated carbocycles. The Labute approximate surface area is 156 Å². The van der Waals surface area contributed by atoms with E-state index in [1.54, 1.807) is 0 Å². The Morgan fingerprint density at radius 2 is 1.93 bits per heavy atom. The fourth-order valence-corrected chi connectivity index (χ4v) is 2.30. The topological polar surface area (TPSA) is 137 Å². The number of benzene rings is 1. The first kappa shape index (κ1) is 21.9. The van der Waals surface area contributed by atoms with Crippen molar-refractivity contribution in [1.82, 2.24) is 5.32 Å². The number of methoxy groups -OCH3 is 1. The van der Waals surface area contributed by atoms with Gasteiger partial charge < -0.3 is 20.1 Å². The second-order valence-corrected chi connectivity index (χ2v) is 6.09. The van der Waals surface area contributed by atoms with E-state index in [1.807, 2.05) is 13.8 Å². The molecule has 0 fully saturated rings. The van der Waals surface area contributed by atoms with Crippen molar-refractivity contribution in [2.24, 2.45) is 5.92 Å².